The number of hydrogen-bond donors (Lipinski definition) is 2. The van der Waals surface area contributed by atoms with Gasteiger partial charge in [0.05, 0.1) is 0 Å². The van der Waals surface area contributed by atoms with Crippen molar-refractivity contribution in [3.8, 4) is 11.5 Å². The number of aryl methyl sites for hydroxylation is 4. The first kappa shape index (κ1) is 32.8. The second kappa shape index (κ2) is 15.5. The molecule has 0 aliphatic carbocycles. The van der Waals surface area contributed by atoms with Crippen molar-refractivity contribution in [2.75, 3.05) is 0 Å². The Bertz CT molecular complexity index is 1410. The Balaban J connectivity index is 0.00000147. The summed E-state index contributed by atoms with van der Waals surface area (Å²) in [5, 5.41) is 21.7. The van der Waals surface area contributed by atoms with Crippen LogP contribution in [-0.4, -0.2) is 21.6 Å². The fourth-order valence-electron chi connectivity index (χ4n) is 4.98. The Labute approximate surface area is 262 Å². The van der Waals surface area contributed by atoms with E-state index in [1.54, 1.807) is 0 Å². The molecular weight excluding hydrogens is 631 g/mol. The predicted octanol–water partition coefficient (Wildman–Crippen LogP) is 9.51. The predicted molar refractivity (Wildman–Crippen MR) is 170 cm³/mol. The SMILES string of the molecule is CC(=N[C@H](c1ccccc1)[C@H](N=C(C)c1cc(C)cc(C)c1O)c1ccccc1)c1cc(C)cc(C)c1O.[Cl][Zr][Cl]. The monoisotopic (exact) mass is 664 g/mol. The van der Waals surface area contributed by atoms with E-state index in [0.717, 1.165) is 55.9 Å². The number of aliphatic imine (C=N–C) groups is 2. The number of halogens is 2. The standard InChI is InChI=1S/C34H36N2O2.2ClH.Zr/c1-21-17-23(3)33(37)29(19-21)25(5)35-31(27-13-9-7-10-14-27)32(28-15-11-8-12-16-28)36-26(6)30-20-22(2)18-24(4)34(30)38;;;/h7-20,31-32,37-38H,1-6H3;2*1H;/q;;;+2/p-2/t31-,32-;;;/m1.../s1. The molecular formula is C34H36Cl2N2O2Zr. The van der Waals surface area contributed by atoms with E-state index in [1.165, 1.54) is 0 Å². The Hall–Kier alpha value is -2.72. The van der Waals surface area contributed by atoms with Crippen LogP contribution in [0.3, 0.4) is 0 Å². The van der Waals surface area contributed by atoms with Crippen LogP contribution in [0, 0.1) is 27.7 Å². The van der Waals surface area contributed by atoms with E-state index in [4.69, 9.17) is 27.0 Å². The molecule has 0 saturated carbocycles. The topological polar surface area (TPSA) is 65.2 Å². The maximum absolute atomic E-state index is 10.9. The van der Waals surface area contributed by atoms with E-state index in [2.05, 4.69) is 24.3 Å². The van der Waals surface area contributed by atoms with E-state index in [9.17, 15) is 10.2 Å². The first-order chi connectivity index (χ1) is 19.6. The van der Waals surface area contributed by atoms with Crippen molar-refractivity contribution in [2.45, 2.75) is 53.6 Å². The van der Waals surface area contributed by atoms with Crippen LogP contribution in [0.15, 0.2) is 94.9 Å². The molecule has 4 rings (SSSR count). The second-order valence-corrected chi connectivity index (χ2v) is 13.9. The van der Waals surface area contributed by atoms with Crippen molar-refractivity contribution in [1.29, 1.82) is 0 Å². The third-order valence-electron chi connectivity index (χ3n) is 6.92. The average molecular weight is 667 g/mol. The third-order valence-corrected chi connectivity index (χ3v) is 6.92. The molecule has 0 radical (unpaired) electrons. The number of phenolic OH excluding ortho intramolecular Hbond substituents is 2. The van der Waals surface area contributed by atoms with Crippen LogP contribution in [0.2, 0.25) is 0 Å². The number of nitrogens with zero attached hydrogens (tertiary/aromatic N) is 2. The zero-order valence-corrected chi connectivity index (χ0v) is 28.3. The summed E-state index contributed by atoms with van der Waals surface area (Å²) in [7, 11) is 9.87. The summed E-state index contributed by atoms with van der Waals surface area (Å²) in [4.78, 5) is 10.5. The van der Waals surface area contributed by atoms with Gasteiger partial charge in [-0.2, -0.15) is 0 Å². The molecule has 4 aromatic carbocycles. The van der Waals surface area contributed by atoms with Crippen LogP contribution < -0.4 is 0 Å². The molecule has 41 heavy (non-hydrogen) atoms. The van der Waals surface area contributed by atoms with Gasteiger partial charge in [0.1, 0.15) is 23.6 Å². The summed E-state index contributed by atoms with van der Waals surface area (Å²) >= 11 is -0.826. The molecule has 0 unspecified atom stereocenters. The van der Waals surface area contributed by atoms with Crippen LogP contribution in [0.25, 0.3) is 0 Å². The summed E-state index contributed by atoms with van der Waals surface area (Å²) in [5.41, 5.74) is 8.76. The van der Waals surface area contributed by atoms with Crippen LogP contribution in [-0.2, 0) is 20.8 Å². The molecule has 0 bridgehead atoms. The van der Waals surface area contributed by atoms with Gasteiger partial charge >= 0.3 is 37.9 Å². The van der Waals surface area contributed by atoms with E-state index in [-0.39, 0.29) is 23.6 Å². The summed E-state index contributed by atoms with van der Waals surface area (Å²) in [6.45, 7) is 11.7. The molecule has 4 nitrogen and oxygen atoms in total. The number of benzene rings is 4. The molecule has 0 amide bonds. The normalized spacial score (nSPS) is 13.2. The molecule has 0 fully saturated rings. The van der Waals surface area contributed by atoms with Gasteiger partial charge in [-0.15, -0.1) is 0 Å². The zero-order valence-electron chi connectivity index (χ0n) is 24.3. The summed E-state index contributed by atoms with van der Waals surface area (Å²) in [5.74, 6) is 0.500. The van der Waals surface area contributed by atoms with E-state index < -0.39 is 20.8 Å². The van der Waals surface area contributed by atoms with E-state index >= 15 is 0 Å². The molecule has 0 aliphatic rings. The third kappa shape index (κ3) is 8.64. The molecule has 0 aromatic heterocycles. The fourth-order valence-corrected chi connectivity index (χ4v) is 4.98. The summed E-state index contributed by atoms with van der Waals surface area (Å²) < 4.78 is 0. The number of rotatable bonds is 7. The van der Waals surface area contributed by atoms with Gasteiger partial charge in [-0.25, -0.2) is 0 Å². The van der Waals surface area contributed by atoms with Gasteiger partial charge in [0.25, 0.3) is 0 Å². The van der Waals surface area contributed by atoms with E-state index in [1.807, 2.05) is 102 Å². The molecule has 0 heterocycles. The minimum atomic E-state index is -0.826. The van der Waals surface area contributed by atoms with Gasteiger partial charge in [0.15, 0.2) is 0 Å². The fraction of sp³-hybridized carbons (Fsp3) is 0.235. The zero-order chi connectivity index (χ0) is 30.1. The van der Waals surface area contributed by atoms with Gasteiger partial charge in [-0.3, -0.25) is 9.98 Å². The second-order valence-electron chi connectivity index (χ2n) is 10.2. The summed E-state index contributed by atoms with van der Waals surface area (Å²) in [6.07, 6.45) is 0. The molecule has 7 heteroatoms. The molecule has 2 atom stereocenters. The van der Waals surface area contributed by atoms with Gasteiger partial charge in [-0.05, 0) is 87.1 Å². The Kier molecular flexibility index (Phi) is 12.4. The van der Waals surface area contributed by atoms with Gasteiger partial charge in [-0.1, -0.05) is 72.8 Å². The van der Waals surface area contributed by atoms with Crippen molar-refractivity contribution in [3.63, 3.8) is 0 Å². The first-order valence-corrected chi connectivity index (χ1v) is 19.7. The molecule has 2 N–H and O–H groups in total. The minimum absolute atomic E-state index is 0.250. The van der Waals surface area contributed by atoms with Crippen molar-refractivity contribution in [1.82, 2.24) is 0 Å². The van der Waals surface area contributed by atoms with Crippen molar-refractivity contribution in [3.05, 3.63) is 129 Å². The van der Waals surface area contributed by atoms with Crippen LogP contribution in [0.4, 0.5) is 0 Å². The van der Waals surface area contributed by atoms with Gasteiger partial charge < -0.3 is 10.2 Å². The number of aromatic hydroxyl groups is 2. The van der Waals surface area contributed by atoms with Gasteiger partial charge in [0.2, 0.25) is 0 Å². The van der Waals surface area contributed by atoms with Crippen LogP contribution >= 0.6 is 17.0 Å². The van der Waals surface area contributed by atoms with Crippen LogP contribution in [0.1, 0.15) is 70.4 Å². The molecule has 0 aliphatic heterocycles. The first-order valence-electron chi connectivity index (χ1n) is 13.3. The average Bonchev–Trinajstić information content (AvgIpc) is 2.95. The van der Waals surface area contributed by atoms with Gasteiger partial charge in [0, 0.05) is 22.6 Å². The summed E-state index contributed by atoms with van der Waals surface area (Å²) in [6, 6.07) is 27.5. The molecule has 212 valence electrons. The van der Waals surface area contributed by atoms with Crippen molar-refractivity contribution < 1.29 is 31.1 Å². The van der Waals surface area contributed by atoms with Crippen LogP contribution in [0.5, 0.6) is 11.5 Å². The maximum atomic E-state index is 10.9. The van der Waals surface area contributed by atoms with Crippen molar-refractivity contribution >= 4 is 28.4 Å². The Morgan fingerprint density at radius 3 is 1.24 bits per heavy atom. The van der Waals surface area contributed by atoms with Crippen molar-refractivity contribution in [2.24, 2.45) is 9.98 Å². The number of hydrogen-bond acceptors (Lipinski definition) is 4. The Morgan fingerprint density at radius 1 is 0.610 bits per heavy atom. The molecule has 0 spiro atoms. The molecule has 4 aromatic rings. The molecule has 0 saturated heterocycles. The van der Waals surface area contributed by atoms with E-state index in [0.29, 0.717) is 0 Å². The number of phenols is 2. The quantitative estimate of drug-likeness (QED) is 0.193. The Morgan fingerprint density at radius 2 is 0.927 bits per heavy atom.